The highest BCUT2D eigenvalue weighted by molar-refractivity contribution is 7.14. The fourth-order valence-electron chi connectivity index (χ4n) is 2.70. The Hall–Kier alpha value is -3.43. The number of carbonyl (C=O) groups excluding carboxylic acids is 2. The summed E-state index contributed by atoms with van der Waals surface area (Å²) in [5.74, 6) is -0.355. The number of amides is 2. The van der Waals surface area contributed by atoms with E-state index in [4.69, 9.17) is 0 Å². The van der Waals surface area contributed by atoms with Crippen molar-refractivity contribution in [3.63, 3.8) is 0 Å². The number of hydrogen-bond acceptors (Lipinski definition) is 7. The Kier molecular flexibility index (Phi) is 6.21. The lowest BCUT2D eigenvalue weighted by Gasteiger charge is -2.02. The SMILES string of the molecule is O=C(Cc1ccccc1)Nc1nc(CC(=O)Nc2nc(-c3cccnc3)cs2)cs1. The number of pyridine rings is 1. The van der Waals surface area contributed by atoms with Crippen molar-refractivity contribution in [2.24, 2.45) is 0 Å². The third-order valence-corrected chi connectivity index (χ3v) is 5.62. The Morgan fingerprint density at radius 3 is 2.33 bits per heavy atom. The summed E-state index contributed by atoms with van der Waals surface area (Å²) in [6.07, 6.45) is 3.81. The lowest BCUT2D eigenvalue weighted by atomic mass is 10.1. The van der Waals surface area contributed by atoms with Crippen molar-refractivity contribution in [3.05, 3.63) is 76.9 Å². The third-order valence-electron chi connectivity index (χ3n) is 4.06. The van der Waals surface area contributed by atoms with E-state index in [0.717, 1.165) is 16.8 Å². The highest BCUT2D eigenvalue weighted by Gasteiger charge is 2.12. The first-order chi connectivity index (χ1) is 14.7. The monoisotopic (exact) mass is 435 g/mol. The molecule has 4 aromatic rings. The molecule has 0 unspecified atom stereocenters. The van der Waals surface area contributed by atoms with Gasteiger partial charge in [0.2, 0.25) is 11.8 Å². The summed E-state index contributed by atoms with van der Waals surface area (Å²) in [4.78, 5) is 37.3. The summed E-state index contributed by atoms with van der Waals surface area (Å²) in [6.45, 7) is 0. The Morgan fingerprint density at radius 1 is 0.833 bits per heavy atom. The molecular weight excluding hydrogens is 418 g/mol. The molecule has 0 radical (unpaired) electrons. The molecule has 0 fully saturated rings. The van der Waals surface area contributed by atoms with Gasteiger partial charge in [0, 0.05) is 28.7 Å². The number of carbonyl (C=O) groups is 2. The van der Waals surface area contributed by atoms with Crippen molar-refractivity contribution < 1.29 is 9.59 Å². The highest BCUT2D eigenvalue weighted by Crippen LogP contribution is 2.24. The molecule has 30 heavy (non-hydrogen) atoms. The molecule has 3 aromatic heterocycles. The second-order valence-corrected chi connectivity index (χ2v) is 8.08. The lowest BCUT2D eigenvalue weighted by Crippen LogP contribution is -2.15. The number of thiazole rings is 2. The van der Waals surface area contributed by atoms with Gasteiger partial charge in [0.15, 0.2) is 10.3 Å². The molecule has 0 bridgehead atoms. The molecule has 0 spiro atoms. The van der Waals surface area contributed by atoms with Crippen LogP contribution in [0.3, 0.4) is 0 Å². The van der Waals surface area contributed by atoms with Crippen LogP contribution >= 0.6 is 22.7 Å². The van der Waals surface area contributed by atoms with Gasteiger partial charge in [0.25, 0.3) is 0 Å². The summed E-state index contributed by atoms with van der Waals surface area (Å²) in [5, 5.41) is 10.2. The van der Waals surface area contributed by atoms with Gasteiger partial charge in [0.1, 0.15) is 0 Å². The fraction of sp³-hybridized carbons (Fsp3) is 0.0952. The maximum atomic E-state index is 12.3. The Morgan fingerprint density at radius 2 is 1.57 bits per heavy atom. The summed E-state index contributed by atoms with van der Waals surface area (Å²) in [5.41, 5.74) is 3.18. The van der Waals surface area contributed by atoms with Crippen LogP contribution in [0.15, 0.2) is 65.6 Å². The van der Waals surface area contributed by atoms with Crippen molar-refractivity contribution in [3.8, 4) is 11.3 Å². The number of benzene rings is 1. The maximum Gasteiger partial charge on any atom is 0.232 e. The van der Waals surface area contributed by atoms with Crippen molar-refractivity contribution in [2.75, 3.05) is 10.6 Å². The maximum absolute atomic E-state index is 12.3. The summed E-state index contributed by atoms with van der Waals surface area (Å²) in [7, 11) is 0. The Bertz CT molecular complexity index is 1140. The minimum Gasteiger partial charge on any atom is -0.302 e. The molecule has 0 atom stereocenters. The molecule has 9 heteroatoms. The van der Waals surface area contributed by atoms with Gasteiger partial charge < -0.3 is 10.6 Å². The number of rotatable bonds is 7. The average Bonchev–Trinajstić information content (AvgIpc) is 3.39. The lowest BCUT2D eigenvalue weighted by molar-refractivity contribution is -0.116. The summed E-state index contributed by atoms with van der Waals surface area (Å²) >= 11 is 2.65. The molecule has 3 heterocycles. The van der Waals surface area contributed by atoms with Crippen molar-refractivity contribution >= 4 is 44.8 Å². The summed E-state index contributed by atoms with van der Waals surface area (Å²) in [6, 6.07) is 13.2. The Labute approximate surface area is 180 Å². The predicted octanol–water partition coefficient (Wildman–Crippen LogP) is 4.02. The zero-order valence-electron chi connectivity index (χ0n) is 15.7. The standard InChI is InChI=1S/C21H17N5O2S2/c27-18(9-14-5-2-1-3-6-14)25-20-23-16(12-29-20)10-19(28)26-21-24-17(13-30-21)15-7-4-8-22-11-15/h1-8,11-13H,9-10H2,(H,23,25,27)(H,24,26,28). The molecule has 1 aromatic carbocycles. The molecule has 4 rings (SSSR count). The molecule has 0 aliphatic heterocycles. The Balaban J connectivity index is 1.30. The fourth-order valence-corrected chi connectivity index (χ4v) is 4.16. The molecule has 0 saturated carbocycles. The molecular formula is C21H17N5O2S2. The van der Waals surface area contributed by atoms with Crippen LogP contribution in [0.2, 0.25) is 0 Å². The minimum absolute atomic E-state index is 0.104. The van der Waals surface area contributed by atoms with Gasteiger partial charge in [-0.2, -0.15) is 0 Å². The first-order valence-electron chi connectivity index (χ1n) is 9.09. The van der Waals surface area contributed by atoms with Crippen molar-refractivity contribution in [1.82, 2.24) is 15.0 Å². The minimum atomic E-state index is -0.213. The van der Waals surface area contributed by atoms with E-state index in [1.165, 1.54) is 22.7 Å². The van der Waals surface area contributed by atoms with Gasteiger partial charge >= 0.3 is 0 Å². The van der Waals surface area contributed by atoms with Gasteiger partial charge in [0.05, 0.1) is 24.2 Å². The van der Waals surface area contributed by atoms with Crippen LogP contribution in [-0.2, 0) is 22.4 Å². The topological polar surface area (TPSA) is 96.9 Å². The van der Waals surface area contributed by atoms with E-state index in [9.17, 15) is 9.59 Å². The van der Waals surface area contributed by atoms with E-state index >= 15 is 0 Å². The number of nitrogens with one attached hydrogen (secondary N) is 2. The van der Waals surface area contributed by atoms with Crippen molar-refractivity contribution in [2.45, 2.75) is 12.8 Å². The molecule has 2 amide bonds. The van der Waals surface area contributed by atoms with Crippen LogP contribution in [0, 0.1) is 0 Å². The first-order valence-corrected chi connectivity index (χ1v) is 10.9. The van der Waals surface area contributed by atoms with Gasteiger partial charge in [-0.1, -0.05) is 30.3 Å². The van der Waals surface area contributed by atoms with Gasteiger partial charge in [-0.3, -0.25) is 14.6 Å². The molecule has 150 valence electrons. The summed E-state index contributed by atoms with van der Waals surface area (Å²) < 4.78 is 0. The molecule has 0 saturated heterocycles. The molecule has 0 aliphatic carbocycles. The van der Waals surface area contributed by atoms with Gasteiger partial charge in [-0.25, -0.2) is 9.97 Å². The number of aromatic nitrogens is 3. The molecule has 2 N–H and O–H groups in total. The first kappa shape index (κ1) is 19.9. The molecule has 0 aliphatic rings. The highest BCUT2D eigenvalue weighted by atomic mass is 32.1. The zero-order valence-corrected chi connectivity index (χ0v) is 17.4. The number of anilines is 2. The van der Waals surface area contributed by atoms with E-state index in [1.54, 1.807) is 17.8 Å². The second kappa shape index (κ2) is 9.38. The largest absolute Gasteiger partial charge is 0.302 e. The van der Waals surface area contributed by atoms with E-state index in [2.05, 4.69) is 25.6 Å². The van der Waals surface area contributed by atoms with Crippen molar-refractivity contribution in [1.29, 1.82) is 0 Å². The van der Waals surface area contributed by atoms with Crippen LogP contribution in [0.4, 0.5) is 10.3 Å². The molecule has 7 nitrogen and oxygen atoms in total. The zero-order chi connectivity index (χ0) is 20.8. The van der Waals surface area contributed by atoms with E-state index in [1.807, 2.05) is 47.8 Å². The van der Waals surface area contributed by atoms with Crippen LogP contribution < -0.4 is 10.6 Å². The number of nitrogens with zero attached hydrogens (tertiary/aromatic N) is 3. The smallest absolute Gasteiger partial charge is 0.232 e. The van der Waals surface area contributed by atoms with E-state index in [-0.39, 0.29) is 24.7 Å². The van der Waals surface area contributed by atoms with E-state index < -0.39 is 0 Å². The van der Waals surface area contributed by atoms with Crippen LogP contribution in [-0.4, -0.2) is 26.8 Å². The number of hydrogen-bond donors (Lipinski definition) is 2. The van der Waals surface area contributed by atoms with Gasteiger partial charge in [-0.05, 0) is 17.7 Å². The van der Waals surface area contributed by atoms with Crippen LogP contribution in [0.5, 0.6) is 0 Å². The quantitative estimate of drug-likeness (QED) is 0.457. The van der Waals surface area contributed by atoms with Crippen LogP contribution in [0.25, 0.3) is 11.3 Å². The van der Waals surface area contributed by atoms with E-state index in [0.29, 0.717) is 16.0 Å². The van der Waals surface area contributed by atoms with Gasteiger partial charge in [-0.15, -0.1) is 22.7 Å². The normalized spacial score (nSPS) is 10.5. The second-order valence-electron chi connectivity index (χ2n) is 6.36. The average molecular weight is 436 g/mol. The third kappa shape index (κ3) is 5.34. The predicted molar refractivity (Wildman–Crippen MR) is 119 cm³/mol. The van der Waals surface area contributed by atoms with Crippen LogP contribution in [0.1, 0.15) is 11.3 Å².